The predicted molar refractivity (Wildman–Crippen MR) is 78.8 cm³/mol. The van der Waals surface area contributed by atoms with Gasteiger partial charge in [0.2, 0.25) is 10.0 Å². The highest BCUT2D eigenvalue weighted by atomic mass is 32.2. The molecule has 2 aliphatic heterocycles. The van der Waals surface area contributed by atoms with E-state index in [4.69, 9.17) is 0 Å². The molecule has 2 heterocycles. The van der Waals surface area contributed by atoms with Crippen molar-refractivity contribution in [2.75, 3.05) is 18.1 Å². The van der Waals surface area contributed by atoms with E-state index in [1.54, 1.807) is 0 Å². The maximum atomic E-state index is 12.2. The van der Waals surface area contributed by atoms with E-state index in [2.05, 4.69) is 17.0 Å². The summed E-state index contributed by atoms with van der Waals surface area (Å²) in [5.74, 6) is -0.0332. The molecule has 0 bridgehead atoms. The molecule has 0 aromatic heterocycles. The van der Waals surface area contributed by atoms with E-state index in [1.165, 1.54) is 0 Å². The highest BCUT2D eigenvalue weighted by Gasteiger charge is 2.33. The van der Waals surface area contributed by atoms with Crippen LogP contribution in [0.25, 0.3) is 0 Å². The molecule has 0 saturated carbocycles. The lowest BCUT2D eigenvalue weighted by Gasteiger charge is -2.30. The Labute approximate surface area is 121 Å². The van der Waals surface area contributed by atoms with Crippen LogP contribution in [0.1, 0.15) is 39.0 Å². The van der Waals surface area contributed by atoms with Gasteiger partial charge in [-0.2, -0.15) is 0 Å². The average Bonchev–Trinajstić information content (AvgIpc) is 2.36. The lowest BCUT2D eigenvalue weighted by atomic mass is 10.00. The van der Waals surface area contributed by atoms with Crippen LogP contribution in [0, 0.1) is 0 Å². The summed E-state index contributed by atoms with van der Waals surface area (Å²) in [6, 6.07) is 0.610. The van der Waals surface area contributed by atoms with Gasteiger partial charge in [0.1, 0.15) is 9.84 Å². The van der Waals surface area contributed by atoms with Crippen LogP contribution < -0.4 is 10.0 Å². The van der Waals surface area contributed by atoms with E-state index < -0.39 is 25.1 Å². The first-order valence-corrected chi connectivity index (χ1v) is 10.6. The third-order valence-electron chi connectivity index (χ3n) is 4.18. The second-order valence-corrected chi connectivity index (χ2v) is 10.3. The van der Waals surface area contributed by atoms with Crippen molar-refractivity contribution in [1.82, 2.24) is 10.0 Å². The van der Waals surface area contributed by atoms with Gasteiger partial charge in [-0.05, 0) is 32.6 Å². The van der Waals surface area contributed by atoms with Crippen molar-refractivity contribution in [1.29, 1.82) is 0 Å². The highest BCUT2D eigenvalue weighted by Crippen LogP contribution is 2.19. The minimum absolute atomic E-state index is 0.0166. The summed E-state index contributed by atoms with van der Waals surface area (Å²) in [4.78, 5) is 0. The summed E-state index contributed by atoms with van der Waals surface area (Å²) >= 11 is 0. The molecule has 2 fully saturated rings. The third kappa shape index (κ3) is 4.41. The molecular formula is C12H24N2O4S2. The lowest BCUT2D eigenvalue weighted by molar-refractivity contribution is 0.334. The number of rotatable bonds is 4. The molecule has 2 saturated heterocycles. The van der Waals surface area contributed by atoms with Gasteiger partial charge in [-0.15, -0.1) is 0 Å². The fourth-order valence-electron chi connectivity index (χ4n) is 2.91. The van der Waals surface area contributed by atoms with Gasteiger partial charge in [0.25, 0.3) is 0 Å². The first kappa shape index (κ1) is 16.2. The Morgan fingerprint density at radius 1 is 1.15 bits per heavy atom. The Hall–Kier alpha value is -0.180. The molecule has 2 aliphatic rings. The Balaban J connectivity index is 1.85. The quantitative estimate of drug-likeness (QED) is 0.760. The van der Waals surface area contributed by atoms with E-state index >= 15 is 0 Å². The van der Waals surface area contributed by atoms with E-state index in [0.29, 0.717) is 12.6 Å². The smallest absolute Gasteiger partial charge is 0.214 e. The van der Waals surface area contributed by atoms with E-state index in [1.807, 2.05) is 0 Å². The van der Waals surface area contributed by atoms with Crippen LogP contribution in [-0.2, 0) is 19.9 Å². The van der Waals surface area contributed by atoms with Crippen LogP contribution >= 0.6 is 0 Å². The monoisotopic (exact) mass is 324 g/mol. The molecule has 0 radical (unpaired) electrons. The van der Waals surface area contributed by atoms with Gasteiger partial charge < -0.3 is 5.32 Å². The van der Waals surface area contributed by atoms with Crippen LogP contribution in [0.3, 0.4) is 0 Å². The van der Waals surface area contributed by atoms with Crippen molar-refractivity contribution >= 4 is 19.9 Å². The number of piperidine rings is 1. The van der Waals surface area contributed by atoms with Crippen molar-refractivity contribution in [3.05, 3.63) is 0 Å². The molecule has 8 heteroatoms. The molecular weight excluding hydrogens is 300 g/mol. The lowest BCUT2D eigenvalue weighted by Crippen LogP contribution is -2.49. The number of nitrogens with one attached hydrogen (secondary N) is 2. The van der Waals surface area contributed by atoms with Crippen molar-refractivity contribution < 1.29 is 16.8 Å². The fourth-order valence-corrected chi connectivity index (χ4v) is 6.23. The summed E-state index contributed by atoms with van der Waals surface area (Å²) in [7, 11) is -6.43. The highest BCUT2D eigenvalue weighted by molar-refractivity contribution is 7.92. The SMILES string of the molecule is CC1CCCC(CNS(=O)(=O)C2CCS(=O)(=O)CC2)N1. The predicted octanol–water partition coefficient (Wildman–Crippen LogP) is 0.0136. The largest absolute Gasteiger partial charge is 0.310 e. The Kier molecular flexibility index (Phi) is 5.09. The van der Waals surface area contributed by atoms with Gasteiger partial charge in [0.15, 0.2) is 0 Å². The van der Waals surface area contributed by atoms with Crippen LogP contribution in [-0.4, -0.2) is 52.2 Å². The van der Waals surface area contributed by atoms with Crippen LogP contribution in [0.15, 0.2) is 0 Å². The molecule has 118 valence electrons. The van der Waals surface area contributed by atoms with E-state index in [-0.39, 0.29) is 30.4 Å². The minimum atomic E-state index is -3.40. The number of hydrogen-bond acceptors (Lipinski definition) is 5. The zero-order valence-corrected chi connectivity index (χ0v) is 13.5. The standard InChI is InChI=1S/C12H24N2O4S2/c1-10-3-2-4-11(14-10)9-13-20(17,18)12-5-7-19(15,16)8-6-12/h10-14H,2-9H2,1H3. The summed E-state index contributed by atoms with van der Waals surface area (Å²) in [5.41, 5.74) is 0. The van der Waals surface area contributed by atoms with Crippen molar-refractivity contribution in [2.24, 2.45) is 0 Å². The van der Waals surface area contributed by atoms with Gasteiger partial charge in [-0.1, -0.05) is 6.42 Å². The Morgan fingerprint density at radius 2 is 1.80 bits per heavy atom. The van der Waals surface area contributed by atoms with Gasteiger partial charge >= 0.3 is 0 Å². The molecule has 2 atom stereocenters. The molecule has 0 amide bonds. The Bertz CT molecular complexity index is 516. The van der Waals surface area contributed by atoms with Gasteiger partial charge in [0, 0.05) is 18.6 Å². The van der Waals surface area contributed by atoms with Gasteiger partial charge in [-0.3, -0.25) is 0 Å². The molecule has 0 spiro atoms. The zero-order chi connectivity index (χ0) is 14.8. The molecule has 0 aliphatic carbocycles. The topological polar surface area (TPSA) is 92.3 Å². The second kappa shape index (κ2) is 6.29. The van der Waals surface area contributed by atoms with Crippen molar-refractivity contribution in [3.63, 3.8) is 0 Å². The summed E-state index contributed by atoms with van der Waals surface area (Å²) in [6.07, 6.45) is 3.65. The molecule has 20 heavy (non-hydrogen) atoms. The first-order chi connectivity index (χ1) is 9.28. The number of sulfone groups is 1. The van der Waals surface area contributed by atoms with Crippen molar-refractivity contribution in [3.8, 4) is 0 Å². The molecule has 2 unspecified atom stereocenters. The maximum absolute atomic E-state index is 12.2. The Morgan fingerprint density at radius 3 is 2.40 bits per heavy atom. The molecule has 2 N–H and O–H groups in total. The summed E-state index contributed by atoms with van der Waals surface area (Å²) < 4.78 is 49.7. The fraction of sp³-hybridized carbons (Fsp3) is 1.00. The first-order valence-electron chi connectivity index (χ1n) is 7.23. The van der Waals surface area contributed by atoms with Crippen LogP contribution in [0.5, 0.6) is 0 Å². The number of hydrogen-bond donors (Lipinski definition) is 2. The van der Waals surface area contributed by atoms with E-state index in [0.717, 1.165) is 19.3 Å². The average molecular weight is 324 g/mol. The second-order valence-electron chi connectivity index (χ2n) is 5.94. The van der Waals surface area contributed by atoms with Crippen LogP contribution in [0.4, 0.5) is 0 Å². The van der Waals surface area contributed by atoms with Crippen LogP contribution in [0.2, 0.25) is 0 Å². The van der Waals surface area contributed by atoms with Gasteiger partial charge in [0.05, 0.1) is 16.8 Å². The zero-order valence-electron chi connectivity index (χ0n) is 11.8. The third-order valence-corrected chi connectivity index (χ3v) is 7.81. The molecule has 6 nitrogen and oxygen atoms in total. The maximum Gasteiger partial charge on any atom is 0.214 e. The normalized spacial score (nSPS) is 32.0. The summed E-state index contributed by atoms with van der Waals surface area (Å²) in [6.45, 7) is 2.50. The van der Waals surface area contributed by atoms with Crippen molar-refractivity contribution in [2.45, 2.75) is 56.4 Å². The molecule has 2 rings (SSSR count). The summed E-state index contributed by atoms with van der Waals surface area (Å²) in [5, 5.41) is 2.82. The minimum Gasteiger partial charge on any atom is -0.310 e. The van der Waals surface area contributed by atoms with Gasteiger partial charge in [-0.25, -0.2) is 21.6 Å². The molecule has 0 aromatic rings. The van der Waals surface area contributed by atoms with E-state index in [9.17, 15) is 16.8 Å². The number of sulfonamides is 1. The molecule has 0 aromatic carbocycles.